The number of amides is 1. The summed E-state index contributed by atoms with van der Waals surface area (Å²) < 4.78 is 11.1. The monoisotopic (exact) mass is 700 g/mol. The van der Waals surface area contributed by atoms with Crippen LogP contribution in [0.2, 0.25) is 0 Å². The first-order chi connectivity index (χ1) is 23.8. The summed E-state index contributed by atoms with van der Waals surface area (Å²) in [6, 6.07) is -0.897. The molecule has 0 fully saturated rings. The standard InChI is InChI=1S/C40H77NO8/c1-3-5-6-7-8-9-10-11-12-13-14-15-16-17-18-19-20-21-22-23-24-27-30-48-40(47)41-34(36(44)31-33(42)4-2)32-49-37-29-26-25-28-35(43)38(45)39(37)46/h26,29,33-39,42-46H,3-25,27-28,30-32H2,1-2H3,(H,41,47). The zero-order valence-corrected chi connectivity index (χ0v) is 31.5. The van der Waals surface area contributed by atoms with Gasteiger partial charge in [-0.25, -0.2) is 4.79 Å². The van der Waals surface area contributed by atoms with Crippen LogP contribution in [-0.2, 0) is 9.47 Å². The number of aliphatic hydroxyl groups is 5. The van der Waals surface area contributed by atoms with Gasteiger partial charge in [-0.05, 0) is 25.7 Å². The number of nitrogens with one attached hydrogen (secondary N) is 1. The molecule has 7 atom stereocenters. The van der Waals surface area contributed by atoms with E-state index in [2.05, 4.69) is 12.2 Å². The van der Waals surface area contributed by atoms with Crippen LogP contribution in [0.4, 0.5) is 4.79 Å². The van der Waals surface area contributed by atoms with Crippen LogP contribution in [0.25, 0.3) is 0 Å². The van der Waals surface area contributed by atoms with Crippen molar-refractivity contribution in [3.05, 3.63) is 12.2 Å². The summed E-state index contributed by atoms with van der Waals surface area (Å²) in [7, 11) is 0. The average molecular weight is 700 g/mol. The number of ether oxygens (including phenoxy) is 2. The van der Waals surface area contributed by atoms with Gasteiger partial charge in [-0.2, -0.15) is 0 Å². The third kappa shape index (κ3) is 24.6. The number of rotatable bonds is 31. The Kier molecular flexibility index (Phi) is 29.4. The molecule has 0 aromatic heterocycles. The highest BCUT2D eigenvalue weighted by Gasteiger charge is 2.33. The van der Waals surface area contributed by atoms with Crippen LogP contribution < -0.4 is 5.32 Å². The summed E-state index contributed by atoms with van der Waals surface area (Å²) in [5.74, 6) is 0. The molecule has 1 aliphatic carbocycles. The molecule has 290 valence electrons. The average Bonchev–Trinajstić information content (AvgIpc) is 3.09. The fourth-order valence-electron chi connectivity index (χ4n) is 6.50. The highest BCUT2D eigenvalue weighted by molar-refractivity contribution is 5.67. The summed E-state index contributed by atoms with van der Waals surface area (Å²) >= 11 is 0. The number of aliphatic hydroxyl groups excluding tert-OH is 5. The Hall–Kier alpha value is -1.23. The quantitative estimate of drug-likeness (QED) is 0.0315. The lowest BCUT2D eigenvalue weighted by Crippen LogP contribution is -2.50. The lowest BCUT2D eigenvalue weighted by Gasteiger charge is -2.31. The number of carbonyl (C=O) groups is 1. The van der Waals surface area contributed by atoms with Crippen molar-refractivity contribution in [3.8, 4) is 0 Å². The van der Waals surface area contributed by atoms with Gasteiger partial charge in [0, 0.05) is 6.42 Å². The van der Waals surface area contributed by atoms with Crippen LogP contribution in [0.15, 0.2) is 12.2 Å². The first kappa shape index (κ1) is 45.8. The minimum atomic E-state index is -1.38. The lowest BCUT2D eigenvalue weighted by atomic mass is 9.96. The highest BCUT2D eigenvalue weighted by atomic mass is 16.5. The minimum absolute atomic E-state index is 0.0364. The van der Waals surface area contributed by atoms with E-state index in [4.69, 9.17) is 9.47 Å². The number of hydrogen-bond donors (Lipinski definition) is 6. The smallest absolute Gasteiger partial charge is 0.407 e. The molecule has 7 unspecified atom stereocenters. The van der Waals surface area contributed by atoms with E-state index in [0.29, 0.717) is 19.3 Å². The molecule has 0 aliphatic heterocycles. The van der Waals surface area contributed by atoms with Crippen LogP contribution in [0.5, 0.6) is 0 Å². The van der Waals surface area contributed by atoms with Crippen molar-refractivity contribution < 1.29 is 39.8 Å². The van der Waals surface area contributed by atoms with Crippen LogP contribution in [0.3, 0.4) is 0 Å². The number of allylic oxidation sites excluding steroid dienone is 1. The molecule has 0 heterocycles. The normalized spacial score (nSPS) is 21.5. The molecule has 6 N–H and O–H groups in total. The lowest BCUT2D eigenvalue weighted by molar-refractivity contribution is -0.117. The molecule has 9 heteroatoms. The Balaban J connectivity index is 2.10. The summed E-state index contributed by atoms with van der Waals surface area (Å²) in [5.41, 5.74) is 0. The second-order valence-electron chi connectivity index (χ2n) is 14.5. The van der Waals surface area contributed by atoms with E-state index in [-0.39, 0.29) is 19.6 Å². The van der Waals surface area contributed by atoms with Gasteiger partial charge in [0.1, 0.15) is 18.3 Å². The fourth-order valence-corrected chi connectivity index (χ4v) is 6.50. The zero-order valence-electron chi connectivity index (χ0n) is 31.5. The maximum atomic E-state index is 12.5. The summed E-state index contributed by atoms with van der Waals surface area (Å²) in [6.45, 7) is 4.18. The third-order valence-corrected chi connectivity index (χ3v) is 9.99. The number of unbranched alkanes of at least 4 members (excludes halogenated alkanes) is 21. The molecule has 0 spiro atoms. The Morgan fingerprint density at radius 2 is 1.18 bits per heavy atom. The molecule has 0 aromatic carbocycles. The molecule has 1 rings (SSSR count). The van der Waals surface area contributed by atoms with Gasteiger partial charge in [-0.15, -0.1) is 0 Å². The van der Waals surface area contributed by atoms with Gasteiger partial charge in [0.2, 0.25) is 0 Å². The molecule has 1 aliphatic rings. The molecule has 0 saturated heterocycles. The SMILES string of the molecule is CCCCCCCCCCCCCCCCCCCCCCCCOC(=O)NC(COC1C=CCCC(O)C(O)C1O)C(O)CC(O)CC. The van der Waals surface area contributed by atoms with E-state index in [1.165, 1.54) is 122 Å². The summed E-state index contributed by atoms with van der Waals surface area (Å²) in [4.78, 5) is 12.5. The van der Waals surface area contributed by atoms with Crippen molar-refractivity contribution in [2.75, 3.05) is 13.2 Å². The molecular weight excluding hydrogens is 622 g/mol. The van der Waals surface area contributed by atoms with Gasteiger partial charge >= 0.3 is 6.09 Å². The van der Waals surface area contributed by atoms with E-state index in [1.54, 1.807) is 19.1 Å². The molecule has 9 nitrogen and oxygen atoms in total. The van der Waals surface area contributed by atoms with E-state index in [9.17, 15) is 30.3 Å². The number of alkyl carbamates (subject to hydrolysis) is 1. The Bertz CT molecular complexity index is 783. The number of hydrogen-bond acceptors (Lipinski definition) is 8. The van der Waals surface area contributed by atoms with Crippen LogP contribution in [0, 0.1) is 0 Å². The van der Waals surface area contributed by atoms with Crippen LogP contribution in [0.1, 0.15) is 181 Å². The van der Waals surface area contributed by atoms with Crippen molar-refractivity contribution >= 4 is 6.09 Å². The molecule has 49 heavy (non-hydrogen) atoms. The molecular formula is C40H77NO8. The largest absolute Gasteiger partial charge is 0.450 e. The second kappa shape index (κ2) is 31.5. The molecule has 0 aromatic rings. The van der Waals surface area contributed by atoms with E-state index in [1.807, 2.05) is 0 Å². The van der Waals surface area contributed by atoms with Crippen LogP contribution >= 0.6 is 0 Å². The topological polar surface area (TPSA) is 149 Å². The Morgan fingerprint density at radius 3 is 1.65 bits per heavy atom. The van der Waals surface area contributed by atoms with Crippen molar-refractivity contribution in [2.45, 2.75) is 223 Å². The summed E-state index contributed by atoms with van der Waals surface area (Å²) in [5, 5.41) is 54.1. The maximum Gasteiger partial charge on any atom is 0.407 e. The van der Waals surface area contributed by atoms with Crippen LogP contribution in [-0.4, -0.2) is 87.5 Å². The van der Waals surface area contributed by atoms with Crippen molar-refractivity contribution in [1.29, 1.82) is 0 Å². The van der Waals surface area contributed by atoms with Crippen molar-refractivity contribution in [2.24, 2.45) is 0 Å². The van der Waals surface area contributed by atoms with Gasteiger partial charge in [0.15, 0.2) is 0 Å². The second-order valence-corrected chi connectivity index (χ2v) is 14.5. The zero-order chi connectivity index (χ0) is 36.0. The minimum Gasteiger partial charge on any atom is -0.450 e. The highest BCUT2D eigenvalue weighted by Crippen LogP contribution is 2.19. The first-order valence-corrected chi connectivity index (χ1v) is 20.4. The van der Waals surface area contributed by atoms with E-state index < -0.39 is 48.8 Å². The fraction of sp³-hybridized carbons (Fsp3) is 0.925. The van der Waals surface area contributed by atoms with Crippen molar-refractivity contribution in [1.82, 2.24) is 5.32 Å². The molecule has 0 bridgehead atoms. The van der Waals surface area contributed by atoms with Gasteiger partial charge in [-0.1, -0.05) is 161 Å². The van der Waals surface area contributed by atoms with E-state index >= 15 is 0 Å². The predicted octanol–water partition coefficient (Wildman–Crippen LogP) is 8.02. The van der Waals surface area contributed by atoms with Gasteiger partial charge in [-0.3, -0.25) is 0 Å². The molecule has 0 radical (unpaired) electrons. The summed E-state index contributed by atoms with van der Waals surface area (Å²) in [6.07, 6.45) is 26.4. The predicted molar refractivity (Wildman–Crippen MR) is 199 cm³/mol. The number of carbonyl (C=O) groups excluding carboxylic acids is 1. The molecule has 0 saturated carbocycles. The molecule has 1 amide bonds. The van der Waals surface area contributed by atoms with Crippen molar-refractivity contribution in [3.63, 3.8) is 0 Å². The first-order valence-electron chi connectivity index (χ1n) is 20.4. The van der Waals surface area contributed by atoms with Gasteiger partial charge in [0.05, 0.1) is 37.6 Å². The van der Waals surface area contributed by atoms with Gasteiger partial charge < -0.3 is 40.3 Å². The maximum absolute atomic E-state index is 12.5. The Labute approximate surface area is 299 Å². The van der Waals surface area contributed by atoms with Gasteiger partial charge in [0.25, 0.3) is 0 Å². The Morgan fingerprint density at radius 1 is 0.714 bits per heavy atom. The third-order valence-electron chi connectivity index (χ3n) is 9.99. The van der Waals surface area contributed by atoms with E-state index in [0.717, 1.165) is 19.3 Å².